The third-order valence-corrected chi connectivity index (χ3v) is 8.92. The molecule has 2 atom stereocenters. The monoisotopic (exact) mass is 498 g/mol. The average molecular weight is 499 g/mol. The first kappa shape index (κ1) is 25.2. The molecule has 3 amide bonds. The molecule has 0 bridgehead atoms. The Morgan fingerprint density at radius 2 is 1.51 bits per heavy atom. The first-order valence-electron chi connectivity index (χ1n) is 12.4. The number of rotatable bonds is 6. The van der Waals surface area contributed by atoms with Crippen LogP contribution in [-0.2, 0) is 10.0 Å². The Hall–Kier alpha value is -2.91. The van der Waals surface area contributed by atoms with Crippen molar-refractivity contribution in [1.29, 1.82) is 0 Å². The zero-order valence-electron chi connectivity index (χ0n) is 20.1. The van der Waals surface area contributed by atoms with Crippen LogP contribution in [0.2, 0.25) is 0 Å². The quantitative estimate of drug-likeness (QED) is 0.560. The Morgan fingerprint density at radius 3 is 2.17 bits per heavy atom. The van der Waals surface area contributed by atoms with Crippen molar-refractivity contribution in [3.8, 4) is 0 Å². The van der Waals surface area contributed by atoms with E-state index in [2.05, 4.69) is 22.9 Å². The third kappa shape index (κ3) is 6.41. The molecule has 0 spiro atoms. The molecule has 0 aromatic heterocycles. The molecule has 2 aliphatic rings. The molecular weight excluding hydrogens is 464 g/mol. The van der Waals surface area contributed by atoms with Crippen LogP contribution in [0.4, 0.5) is 10.5 Å². The van der Waals surface area contributed by atoms with Crippen LogP contribution in [0.1, 0.15) is 55.8 Å². The highest BCUT2D eigenvalue weighted by molar-refractivity contribution is 7.89. The van der Waals surface area contributed by atoms with E-state index in [0.717, 1.165) is 19.3 Å². The first-order chi connectivity index (χ1) is 16.8. The fraction of sp³-hybridized carbons (Fsp3) is 0.462. The molecule has 188 valence electrons. The maximum atomic E-state index is 13.1. The normalized spacial score (nSPS) is 21.7. The van der Waals surface area contributed by atoms with Gasteiger partial charge in [0, 0.05) is 36.4 Å². The van der Waals surface area contributed by atoms with Gasteiger partial charge in [-0.15, -0.1) is 0 Å². The first-order valence-corrected chi connectivity index (χ1v) is 13.8. The van der Waals surface area contributed by atoms with Crippen molar-refractivity contribution in [3.05, 3.63) is 60.2 Å². The summed E-state index contributed by atoms with van der Waals surface area (Å²) in [6, 6.07) is 15.1. The van der Waals surface area contributed by atoms with Crippen LogP contribution < -0.4 is 16.0 Å². The lowest BCUT2D eigenvalue weighted by molar-refractivity contribution is 0.0910. The van der Waals surface area contributed by atoms with Crippen LogP contribution in [0.25, 0.3) is 0 Å². The van der Waals surface area contributed by atoms with Gasteiger partial charge in [-0.1, -0.05) is 38.0 Å². The minimum absolute atomic E-state index is 0.0987. The number of sulfonamides is 1. The van der Waals surface area contributed by atoms with Crippen molar-refractivity contribution in [1.82, 2.24) is 14.9 Å². The SMILES string of the molecule is C[C@H]1CCCC[C@H]1NC(=O)c1ccc(S(=O)(=O)N2CCC(NC(=O)Nc3ccccc3)CC2)cc1. The summed E-state index contributed by atoms with van der Waals surface area (Å²) in [5.74, 6) is 0.294. The largest absolute Gasteiger partial charge is 0.349 e. The van der Waals surface area contributed by atoms with E-state index in [9.17, 15) is 18.0 Å². The molecule has 35 heavy (non-hydrogen) atoms. The van der Waals surface area contributed by atoms with Crippen LogP contribution in [0.3, 0.4) is 0 Å². The molecule has 1 saturated carbocycles. The van der Waals surface area contributed by atoms with E-state index in [1.165, 1.54) is 22.9 Å². The van der Waals surface area contributed by atoms with Gasteiger partial charge in [0.25, 0.3) is 5.91 Å². The minimum atomic E-state index is -3.67. The Bertz CT molecular complexity index is 1110. The van der Waals surface area contributed by atoms with Gasteiger partial charge in [0.2, 0.25) is 10.0 Å². The van der Waals surface area contributed by atoms with Crippen molar-refractivity contribution in [3.63, 3.8) is 0 Å². The Balaban J connectivity index is 1.29. The zero-order chi connectivity index (χ0) is 24.8. The van der Waals surface area contributed by atoms with Gasteiger partial charge in [-0.3, -0.25) is 4.79 Å². The summed E-state index contributed by atoms with van der Waals surface area (Å²) in [6.07, 6.45) is 5.48. The molecule has 1 aliphatic heterocycles. The van der Waals surface area contributed by atoms with E-state index in [1.807, 2.05) is 18.2 Å². The number of hydrogen-bond donors (Lipinski definition) is 3. The fourth-order valence-corrected chi connectivity index (χ4v) is 6.29. The molecule has 0 radical (unpaired) electrons. The Kier molecular flexibility index (Phi) is 8.07. The van der Waals surface area contributed by atoms with Crippen LogP contribution in [-0.4, -0.2) is 49.8 Å². The molecule has 2 aromatic carbocycles. The number of piperidine rings is 1. The van der Waals surface area contributed by atoms with Gasteiger partial charge < -0.3 is 16.0 Å². The molecule has 1 aliphatic carbocycles. The summed E-state index contributed by atoms with van der Waals surface area (Å²) >= 11 is 0. The van der Waals surface area contributed by atoms with Gasteiger partial charge >= 0.3 is 6.03 Å². The van der Waals surface area contributed by atoms with Crippen LogP contribution in [0, 0.1) is 5.92 Å². The van der Waals surface area contributed by atoms with E-state index in [-0.39, 0.29) is 28.9 Å². The summed E-state index contributed by atoms with van der Waals surface area (Å²) in [6.45, 7) is 2.80. The zero-order valence-corrected chi connectivity index (χ0v) is 20.9. The van der Waals surface area contributed by atoms with E-state index in [0.29, 0.717) is 43.1 Å². The van der Waals surface area contributed by atoms with E-state index < -0.39 is 10.0 Å². The summed E-state index contributed by atoms with van der Waals surface area (Å²) in [5, 5.41) is 8.81. The van der Waals surface area contributed by atoms with Crippen molar-refractivity contribution < 1.29 is 18.0 Å². The van der Waals surface area contributed by atoms with Crippen LogP contribution >= 0.6 is 0 Å². The molecule has 0 unspecified atom stereocenters. The smallest absolute Gasteiger partial charge is 0.319 e. The second kappa shape index (κ2) is 11.2. The summed E-state index contributed by atoms with van der Waals surface area (Å²) in [4.78, 5) is 25.0. The van der Waals surface area contributed by atoms with E-state index >= 15 is 0 Å². The van der Waals surface area contributed by atoms with Gasteiger partial charge in [0.1, 0.15) is 0 Å². The van der Waals surface area contributed by atoms with Gasteiger partial charge in [0.05, 0.1) is 4.90 Å². The van der Waals surface area contributed by atoms with Crippen LogP contribution in [0.15, 0.2) is 59.5 Å². The number of anilines is 1. The fourth-order valence-electron chi connectivity index (χ4n) is 4.82. The molecule has 1 heterocycles. The average Bonchev–Trinajstić information content (AvgIpc) is 2.86. The standard InChI is InChI=1S/C26H34N4O4S/c1-19-7-5-6-10-24(19)29-25(31)20-11-13-23(14-12-20)35(33,34)30-17-15-22(16-18-30)28-26(32)27-21-8-3-2-4-9-21/h2-4,8-9,11-14,19,22,24H,5-7,10,15-18H2,1H3,(H,29,31)(H2,27,28,32)/t19-,24+/m0/s1. The highest BCUT2D eigenvalue weighted by atomic mass is 32.2. The summed E-state index contributed by atoms with van der Waals surface area (Å²) < 4.78 is 27.7. The highest BCUT2D eigenvalue weighted by Crippen LogP contribution is 2.25. The molecule has 1 saturated heterocycles. The van der Waals surface area contributed by atoms with Crippen molar-refractivity contribution in [2.45, 2.75) is 62.4 Å². The lowest BCUT2D eigenvalue weighted by Gasteiger charge is -2.31. The number of hydrogen-bond acceptors (Lipinski definition) is 4. The second-order valence-electron chi connectivity index (χ2n) is 9.51. The summed E-state index contributed by atoms with van der Waals surface area (Å²) in [7, 11) is -3.67. The van der Waals surface area contributed by atoms with Crippen molar-refractivity contribution >= 4 is 27.6 Å². The molecule has 4 rings (SSSR count). The molecule has 2 aromatic rings. The van der Waals surface area contributed by atoms with E-state index in [1.54, 1.807) is 24.3 Å². The maximum Gasteiger partial charge on any atom is 0.319 e. The van der Waals surface area contributed by atoms with Gasteiger partial charge in [-0.2, -0.15) is 4.31 Å². The lowest BCUT2D eigenvalue weighted by atomic mass is 9.86. The number of nitrogens with zero attached hydrogens (tertiary/aromatic N) is 1. The molecule has 9 heteroatoms. The maximum absolute atomic E-state index is 13.1. The predicted molar refractivity (Wildman–Crippen MR) is 136 cm³/mol. The topological polar surface area (TPSA) is 108 Å². The molecule has 3 N–H and O–H groups in total. The lowest BCUT2D eigenvalue weighted by Crippen LogP contribution is -2.47. The number of carbonyl (C=O) groups is 2. The molecule has 8 nitrogen and oxygen atoms in total. The predicted octanol–water partition coefficient (Wildman–Crippen LogP) is 3.97. The number of urea groups is 1. The molecular formula is C26H34N4O4S. The van der Waals surface area contributed by atoms with Crippen LogP contribution in [0.5, 0.6) is 0 Å². The molecule has 2 fully saturated rings. The van der Waals surface area contributed by atoms with Crippen molar-refractivity contribution in [2.24, 2.45) is 5.92 Å². The van der Waals surface area contributed by atoms with Gasteiger partial charge in [-0.25, -0.2) is 13.2 Å². The summed E-state index contributed by atoms with van der Waals surface area (Å²) in [5.41, 5.74) is 1.17. The number of amides is 3. The van der Waals surface area contributed by atoms with E-state index in [4.69, 9.17) is 0 Å². The number of para-hydroxylation sites is 1. The number of benzene rings is 2. The number of nitrogens with one attached hydrogen (secondary N) is 3. The van der Waals surface area contributed by atoms with Crippen molar-refractivity contribution in [2.75, 3.05) is 18.4 Å². The second-order valence-corrected chi connectivity index (χ2v) is 11.4. The minimum Gasteiger partial charge on any atom is -0.349 e. The van der Waals surface area contributed by atoms with Gasteiger partial charge in [0.15, 0.2) is 0 Å². The highest BCUT2D eigenvalue weighted by Gasteiger charge is 2.30. The van der Waals surface area contributed by atoms with Gasteiger partial charge in [-0.05, 0) is 68.0 Å². The third-order valence-electron chi connectivity index (χ3n) is 7.00. The number of carbonyl (C=O) groups excluding carboxylic acids is 2. The Morgan fingerprint density at radius 1 is 0.857 bits per heavy atom. The Labute approximate surface area is 207 Å².